The van der Waals surface area contributed by atoms with Gasteiger partial charge in [-0.2, -0.15) is 5.10 Å². The summed E-state index contributed by atoms with van der Waals surface area (Å²) in [6.45, 7) is 2.17. The van der Waals surface area contributed by atoms with Crippen LogP contribution >= 0.6 is 11.6 Å². The van der Waals surface area contributed by atoms with Crippen LogP contribution < -0.4 is 5.73 Å². The number of likely N-dealkylation sites (tertiary alicyclic amines) is 1. The van der Waals surface area contributed by atoms with Crippen molar-refractivity contribution in [1.82, 2.24) is 14.7 Å². The van der Waals surface area contributed by atoms with Gasteiger partial charge >= 0.3 is 0 Å². The third-order valence-electron chi connectivity index (χ3n) is 5.61. The molecule has 0 spiro atoms. The summed E-state index contributed by atoms with van der Waals surface area (Å²) in [5.41, 5.74) is 9.71. The van der Waals surface area contributed by atoms with Gasteiger partial charge in [0.25, 0.3) is 5.91 Å². The van der Waals surface area contributed by atoms with Crippen LogP contribution in [-0.4, -0.2) is 40.2 Å². The fraction of sp³-hybridized carbons (Fsp3) is 0.500. The fourth-order valence-electron chi connectivity index (χ4n) is 4.10. The quantitative estimate of drug-likeness (QED) is 0.841. The zero-order valence-electron chi connectivity index (χ0n) is 15.0. The highest BCUT2D eigenvalue weighted by Crippen LogP contribution is 2.28. The van der Waals surface area contributed by atoms with Gasteiger partial charge < -0.3 is 10.6 Å². The Balaban J connectivity index is 1.73. The second-order valence-electron chi connectivity index (χ2n) is 7.36. The number of rotatable bonds is 3. The van der Waals surface area contributed by atoms with E-state index < -0.39 is 0 Å². The van der Waals surface area contributed by atoms with Crippen LogP contribution in [-0.2, 0) is 12.8 Å². The minimum absolute atomic E-state index is 0.0619. The molecule has 1 aromatic heterocycles. The fourth-order valence-corrected chi connectivity index (χ4v) is 4.23. The van der Waals surface area contributed by atoms with Crippen LogP contribution in [0.2, 0.25) is 5.02 Å². The molecule has 0 saturated carbocycles. The van der Waals surface area contributed by atoms with Gasteiger partial charge in [-0.3, -0.25) is 4.79 Å². The number of halogens is 1. The van der Waals surface area contributed by atoms with E-state index in [1.807, 2.05) is 33.8 Å². The summed E-state index contributed by atoms with van der Waals surface area (Å²) >= 11 is 6.04. The number of carbonyl (C=O) groups excluding carboxylic acids is 1. The van der Waals surface area contributed by atoms with E-state index in [1.165, 1.54) is 12.1 Å². The van der Waals surface area contributed by atoms with E-state index >= 15 is 0 Å². The van der Waals surface area contributed by atoms with Crippen LogP contribution in [0.15, 0.2) is 24.3 Å². The van der Waals surface area contributed by atoms with Crippen molar-refractivity contribution in [2.24, 2.45) is 11.7 Å². The Morgan fingerprint density at radius 3 is 2.69 bits per heavy atom. The Bertz CT molecular complexity index is 799. The van der Waals surface area contributed by atoms with Crippen LogP contribution in [0, 0.1) is 5.92 Å². The molecule has 1 aliphatic heterocycles. The molecule has 1 aromatic carbocycles. The molecular weight excluding hydrogens is 348 g/mol. The second kappa shape index (κ2) is 7.41. The van der Waals surface area contributed by atoms with Crippen LogP contribution in [0.1, 0.15) is 47.4 Å². The van der Waals surface area contributed by atoms with Crippen LogP contribution in [0.5, 0.6) is 0 Å². The predicted molar refractivity (Wildman–Crippen MR) is 103 cm³/mol. The smallest absolute Gasteiger partial charge is 0.274 e. The zero-order chi connectivity index (χ0) is 18.1. The largest absolute Gasteiger partial charge is 0.337 e. The van der Waals surface area contributed by atoms with Gasteiger partial charge in [-0.1, -0.05) is 18.0 Å². The van der Waals surface area contributed by atoms with E-state index in [0.717, 1.165) is 56.4 Å². The van der Waals surface area contributed by atoms with E-state index in [4.69, 9.17) is 22.4 Å². The second-order valence-corrected chi connectivity index (χ2v) is 7.80. The zero-order valence-corrected chi connectivity index (χ0v) is 15.7. The van der Waals surface area contributed by atoms with Crippen molar-refractivity contribution in [2.75, 3.05) is 19.6 Å². The number of benzene rings is 1. The first-order valence-corrected chi connectivity index (χ1v) is 9.91. The molecule has 2 N–H and O–H groups in total. The van der Waals surface area contributed by atoms with Crippen LogP contribution in [0.3, 0.4) is 0 Å². The van der Waals surface area contributed by atoms with Gasteiger partial charge in [-0.15, -0.1) is 0 Å². The molecule has 5 nitrogen and oxygen atoms in total. The molecular formula is C20H25ClN4O. The van der Waals surface area contributed by atoms with Gasteiger partial charge in [-0.05, 0) is 68.8 Å². The van der Waals surface area contributed by atoms with E-state index in [-0.39, 0.29) is 5.91 Å². The molecule has 2 aliphatic rings. The summed E-state index contributed by atoms with van der Waals surface area (Å²) in [6.07, 6.45) is 6.33. The molecule has 1 fully saturated rings. The molecule has 1 amide bonds. The highest BCUT2D eigenvalue weighted by Gasteiger charge is 2.31. The number of nitrogens with two attached hydrogens (primary N) is 1. The molecule has 6 heteroatoms. The number of amides is 1. The van der Waals surface area contributed by atoms with Crippen molar-refractivity contribution < 1.29 is 4.79 Å². The normalized spacial score (nSPS) is 20.1. The molecule has 1 aliphatic carbocycles. The van der Waals surface area contributed by atoms with Crippen molar-refractivity contribution in [2.45, 2.75) is 38.5 Å². The Morgan fingerprint density at radius 1 is 1.19 bits per heavy atom. The molecule has 2 heterocycles. The number of hydrogen-bond donors (Lipinski definition) is 1. The Morgan fingerprint density at radius 2 is 1.96 bits per heavy atom. The lowest BCUT2D eigenvalue weighted by Gasteiger charge is -2.15. The Hall–Kier alpha value is -1.85. The first-order valence-electron chi connectivity index (χ1n) is 9.53. The summed E-state index contributed by atoms with van der Waals surface area (Å²) in [7, 11) is 0. The minimum Gasteiger partial charge on any atom is -0.337 e. The van der Waals surface area contributed by atoms with Crippen LogP contribution in [0.25, 0.3) is 5.69 Å². The molecule has 1 saturated heterocycles. The van der Waals surface area contributed by atoms with Crippen molar-refractivity contribution in [3.05, 3.63) is 46.2 Å². The molecule has 0 bridgehead atoms. The van der Waals surface area contributed by atoms with Crippen molar-refractivity contribution in [1.29, 1.82) is 0 Å². The number of fused-ring (bicyclic) bond motifs is 1. The Labute approximate surface area is 159 Å². The summed E-state index contributed by atoms with van der Waals surface area (Å²) in [5.74, 6) is 0.475. The molecule has 4 rings (SSSR count). The SMILES string of the molecule is NCC1CCN(C(=O)c2nn(-c3ccc(Cl)cc3)c3c2CCCCC3)C1. The minimum atomic E-state index is 0.0619. The molecule has 2 aromatic rings. The lowest BCUT2D eigenvalue weighted by Crippen LogP contribution is -2.31. The van der Waals surface area contributed by atoms with Crippen molar-refractivity contribution in [3.63, 3.8) is 0 Å². The summed E-state index contributed by atoms with van der Waals surface area (Å²) in [4.78, 5) is 15.1. The maximum absolute atomic E-state index is 13.2. The number of carbonyl (C=O) groups is 1. The molecule has 1 unspecified atom stereocenters. The topological polar surface area (TPSA) is 64.2 Å². The van der Waals surface area contributed by atoms with Crippen molar-refractivity contribution in [3.8, 4) is 5.69 Å². The van der Waals surface area contributed by atoms with Gasteiger partial charge in [0.15, 0.2) is 5.69 Å². The predicted octanol–water partition coefficient (Wildman–Crippen LogP) is 3.22. The maximum Gasteiger partial charge on any atom is 0.274 e. The number of aromatic nitrogens is 2. The highest BCUT2D eigenvalue weighted by atomic mass is 35.5. The average molecular weight is 373 g/mol. The van der Waals surface area contributed by atoms with Crippen molar-refractivity contribution >= 4 is 17.5 Å². The van der Waals surface area contributed by atoms with Gasteiger partial charge in [0.2, 0.25) is 0 Å². The van der Waals surface area contributed by atoms with Gasteiger partial charge in [-0.25, -0.2) is 4.68 Å². The van der Waals surface area contributed by atoms with E-state index in [9.17, 15) is 4.79 Å². The average Bonchev–Trinajstić information content (AvgIpc) is 3.20. The summed E-state index contributed by atoms with van der Waals surface area (Å²) in [6, 6.07) is 7.68. The van der Waals surface area contributed by atoms with Crippen LogP contribution in [0.4, 0.5) is 0 Å². The monoisotopic (exact) mass is 372 g/mol. The lowest BCUT2D eigenvalue weighted by atomic mass is 10.1. The molecule has 26 heavy (non-hydrogen) atoms. The van der Waals surface area contributed by atoms with Gasteiger partial charge in [0.05, 0.1) is 5.69 Å². The summed E-state index contributed by atoms with van der Waals surface area (Å²) < 4.78 is 1.96. The highest BCUT2D eigenvalue weighted by molar-refractivity contribution is 6.30. The van der Waals surface area contributed by atoms with Gasteiger partial charge in [0, 0.05) is 29.4 Å². The third kappa shape index (κ3) is 3.26. The standard InChI is InChI=1S/C20H25ClN4O/c21-15-6-8-16(9-7-15)25-18-5-3-1-2-4-17(18)19(23-25)20(26)24-11-10-14(12-22)13-24/h6-9,14H,1-5,10-13,22H2. The molecule has 138 valence electrons. The first kappa shape index (κ1) is 17.6. The van der Waals surface area contributed by atoms with E-state index in [1.54, 1.807) is 0 Å². The maximum atomic E-state index is 13.2. The first-order chi connectivity index (χ1) is 12.7. The van der Waals surface area contributed by atoms with E-state index in [0.29, 0.717) is 23.2 Å². The lowest BCUT2D eigenvalue weighted by molar-refractivity contribution is 0.0780. The summed E-state index contributed by atoms with van der Waals surface area (Å²) in [5, 5.41) is 5.48. The molecule has 1 atom stereocenters. The third-order valence-corrected chi connectivity index (χ3v) is 5.86. The number of nitrogens with zero attached hydrogens (tertiary/aromatic N) is 3. The number of hydrogen-bond acceptors (Lipinski definition) is 3. The molecule has 0 radical (unpaired) electrons. The Kier molecular flexibility index (Phi) is 5.00. The van der Waals surface area contributed by atoms with E-state index in [2.05, 4.69) is 0 Å². The van der Waals surface area contributed by atoms with Gasteiger partial charge in [0.1, 0.15) is 0 Å².